The van der Waals surface area contributed by atoms with Crippen LogP contribution in [0.15, 0.2) is 0 Å². The van der Waals surface area contributed by atoms with E-state index >= 15 is 0 Å². The first-order valence-corrected chi connectivity index (χ1v) is 5.65. The van der Waals surface area contributed by atoms with Crippen LogP contribution in [0.3, 0.4) is 0 Å². The van der Waals surface area contributed by atoms with Crippen molar-refractivity contribution < 1.29 is 28.6 Å². The van der Waals surface area contributed by atoms with Crippen molar-refractivity contribution in [1.29, 1.82) is 0 Å². The second kappa shape index (κ2) is 9.23. The summed E-state index contributed by atoms with van der Waals surface area (Å²) < 4.78 is 21.1. The Labute approximate surface area is 90.9 Å². The molecule has 1 atom stereocenters. The Kier molecular flexibility index (Phi) is 10.7. The Morgan fingerprint density at radius 1 is 1.27 bits per heavy atom. The van der Waals surface area contributed by atoms with Gasteiger partial charge in [0.05, 0.1) is 27.7 Å². The van der Waals surface area contributed by atoms with Crippen LogP contribution in [0, 0.1) is 0 Å². The molecule has 3 N–H and O–H groups in total. The first kappa shape index (κ1) is 17.4. The topological polar surface area (TPSA) is 101 Å². The van der Waals surface area contributed by atoms with E-state index in [0.717, 1.165) is 11.0 Å². The molecule has 0 heterocycles. The molecular weight excluding hydrogens is 223 g/mol. The molecule has 15 heavy (non-hydrogen) atoms. The predicted molar refractivity (Wildman–Crippen MR) is 55.9 cm³/mol. The summed E-state index contributed by atoms with van der Waals surface area (Å²) in [6, 6.07) is 0. The van der Waals surface area contributed by atoms with Gasteiger partial charge in [-0.15, -0.1) is 0 Å². The lowest BCUT2D eigenvalue weighted by atomic mass is 10.5. The molecule has 7 nitrogen and oxygen atoms in total. The molecule has 0 fully saturated rings. The third kappa shape index (κ3) is 14.0. The summed E-state index contributed by atoms with van der Waals surface area (Å²) in [7, 11) is 3.54. The van der Waals surface area contributed by atoms with E-state index in [1.54, 1.807) is 0 Å². The van der Waals surface area contributed by atoms with Gasteiger partial charge in [-0.1, -0.05) is 0 Å². The van der Waals surface area contributed by atoms with Crippen molar-refractivity contribution in [2.45, 2.75) is 0 Å². The molecule has 8 heteroatoms. The van der Waals surface area contributed by atoms with E-state index < -0.39 is 8.25 Å². The minimum atomic E-state index is -2.52. The molecule has 1 unspecified atom stereocenters. The monoisotopic (exact) mass is 244 g/mol. The van der Waals surface area contributed by atoms with Crippen molar-refractivity contribution in [1.82, 2.24) is 0 Å². The zero-order chi connectivity index (χ0) is 11.0. The lowest BCUT2D eigenvalue weighted by Gasteiger charge is -2.23. The maximum Gasteiger partial charge on any atom is 0.347 e. The molecule has 0 saturated heterocycles. The number of nitrogens with two attached hydrogens (primary N) is 1. The fourth-order valence-electron chi connectivity index (χ4n) is 0.565. The van der Waals surface area contributed by atoms with Crippen LogP contribution >= 0.6 is 8.25 Å². The Morgan fingerprint density at radius 2 is 1.87 bits per heavy atom. The van der Waals surface area contributed by atoms with Crippen LogP contribution in [-0.4, -0.2) is 57.4 Å². The maximum absolute atomic E-state index is 11.0. The second-order valence-electron chi connectivity index (χ2n) is 3.81. The van der Waals surface area contributed by atoms with Gasteiger partial charge in [-0.2, -0.15) is 4.67 Å². The van der Waals surface area contributed by atoms with Crippen molar-refractivity contribution in [2.24, 2.45) is 5.73 Å². The zero-order valence-corrected chi connectivity index (χ0v) is 10.4. The normalized spacial score (nSPS) is 13.3. The third-order valence-corrected chi connectivity index (χ3v) is 2.00. The highest BCUT2D eigenvalue weighted by atomic mass is 31.1. The molecule has 94 valence electrons. The van der Waals surface area contributed by atoms with Crippen LogP contribution in [-0.2, 0) is 18.7 Å². The number of nitrogens with zero attached hydrogens (tertiary/aromatic N) is 1. The number of hydrogen-bond donors (Lipinski definition) is 1. The molecule has 0 aromatic heterocycles. The lowest BCUT2D eigenvalue weighted by molar-refractivity contribution is -0.870. The maximum atomic E-state index is 11.0. The minimum absolute atomic E-state index is 0. The SMILES string of the molecule is C[N+](C)(C)CCO[PH](=O)OOCCN.[OH-]. The third-order valence-electron chi connectivity index (χ3n) is 1.31. The lowest BCUT2D eigenvalue weighted by Crippen LogP contribution is -2.37. The number of hydrogen-bond acceptors (Lipinski definition) is 6. The molecule has 0 aromatic carbocycles. The van der Waals surface area contributed by atoms with Crippen LogP contribution in [0.4, 0.5) is 0 Å². The van der Waals surface area contributed by atoms with Crippen molar-refractivity contribution in [3.8, 4) is 0 Å². The van der Waals surface area contributed by atoms with E-state index in [2.05, 4.69) is 9.56 Å². The van der Waals surface area contributed by atoms with Crippen molar-refractivity contribution in [3.63, 3.8) is 0 Å². The summed E-state index contributed by atoms with van der Waals surface area (Å²) in [5.41, 5.74) is 5.13. The van der Waals surface area contributed by atoms with Gasteiger partial charge in [0, 0.05) is 6.54 Å². The van der Waals surface area contributed by atoms with E-state index in [1.807, 2.05) is 21.1 Å². The van der Waals surface area contributed by atoms with E-state index in [-0.39, 0.29) is 12.1 Å². The average Bonchev–Trinajstić information content (AvgIpc) is 2.02. The standard InChI is InChI=1S/C7H20N2O4P.H2O/c1-9(2,3)5-7-12-14(10)13-11-6-4-8;/h14H,4-8H2,1-3H3;1H2/q+1;/p-1. The number of rotatable bonds is 8. The Balaban J connectivity index is 0. The summed E-state index contributed by atoms with van der Waals surface area (Å²) in [5.74, 6) is 0. The second-order valence-corrected chi connectivity index (χ2v) is 4.76. The first-order chi connectivity index (χ1) is 6.45. The summed E-state index contributed by atoms with van der Waals surface area (Å²) in [6.07, 6.45) is 0. The van der Waals surface area contributed by atoms with Crippen molar-refractivity contribution in [2.75, 3.05) is 47.4 Å². The van der Waals surface area contributed by atoms with E-state index in [4.69, 9.17) is 10.3 Å². The van der Waals surface area contributed by atoms with Gasteiger partial charge in [-0.25, -0.2) is 4.89 Å². The van der Waals surface area contributed by atoms with Gasteiger partial charge in [0.2, 0.25) is 0 Å². The molecule has 0 aliphatic rings. The van der Waals surface area contributed by atoms with E-state index in [0.29, 0.717) is 13.2 Å². The summed E-state index contributed by atoms with van der Waals surface area (Å²) in [4.78, 5) is 4.50. The molecule has 0 radical (unpaired) electrons. The summed E-state index contributed by atoms with van der Waals surface area (Å²) in [5, 5.41) is 0. The van der Waals surface area contributed by atoms with Gasteiger partial charge in [0.15, 0.2) is 0 Å². The van der Waals surface area contributed by atoms with Crippen LogP contribution in [0.2, 0.25) is 0 Å². The molecule has 0 aliphatic carbocycles. The Bertz CT molecular complexity index is 173. The number of likely N-dealkylation sites (N-methyl/N-ethyl adjacent to an activating group) is 1. The Morgan fingerprint density at radius 3 is 2.33 bits per heavy atom. The molecule has 0 spiro atoms. The first-order valence-electron chi connectivity index (χ1n) is 4.42. The Hall–Kier alpha value is -0.0100. The van der Waals surface area contributed by atoms with E-state index in [9.17, 15) is 4.57 Å². The molecular formula is C7H21N2O5P. The van der Waals surface area contributed by atoms with Crippen LogP contribution in [0.25, 0.3) is 0 Å². The van der Waals surface area contributed by atoms with Crippen LogP contribution in [0.1, 0.15) is 0 Å². The predicted octanol–water partition coefficient (Wildman–Crippen LogP) is -0.171. The van der Waals surface area contributed by atoms with Gasteiger partial charge < -0.3 is 20.2 Å². The quantitative estimate of drug-likeness (QED) is 0.209. The van der Waals surface area contributed by atoms with Gasteiger partial charge in [0.1, 0.15) is 13.2 Å². The smallest absolute Gasteiger partial charge is 0.347 e. The summed E-state index contributed by atoms with van der Waals surface area (Å²) in [6.45, 7) is 1.69. The van der Waals surface area contributed by atoms with Crippen LogP contribution in [0.5, 0.6) is 0 Å². The van der Waals surface area contributed by atoms with Gasteiger partial charge in [-0.3, -0.25) is 4.57 Å². The molecule has 0 bridgehead atoms. The van der Waals surface area contributed by atoms with E-state index in [1.165, 1.54) is 0 Å². The molecule has 0 saturated carbocycles. The van der Waals surface area contributed by atoms with Gasteiger partial charge >= 0.3 is 8.25 Å². The fraction of sp³-hybridized carbons (Fsp3) is 1.00. The van der Waals surface area contributed by atoms with Crippen LogP contribution < -0.4 is 5.73 Å². The van der Waals surface area contributed by atoms with Gasteiger partial charge in [-0.05, 0) is 0 Å². The highest BCUT2D eigenvalue weighted by Gasteiger charge is 2.08. The van der Waals surface area contributed by atoms with Gasteiger partial charge in [0.25, 0.3) is 0 Å². The minimum Gasteiger partial charge on any atom is -0.870 e. The summed E-state index contributed by atoms with van der Waals surface area (Å²) >= 11 is 0. The molecule has 0 aromatic rings. The van der Waals surface area contributed by atoms with Crippen molar-refractivity contribution in [3.05, 3.63) is 0 Å². The average molecular weight is 244 g/mol. The highest BCUT2D eigenvalue weighted by Crippen LogP contribution is 2.23. The zero-order valence-electron chi connectivity index (χ0n) is 9.43. The largest absolute Gasteiger partial charge is 0.870 e. The highest BCUT2D eigenvalue weighted by molar-refractivity contribution is 7.33. The number of quaternary nitrogens is 1. The molecule has 0 amide bonds. The molecule has 0 aliphatic heterocycles. The van der Waals surface area contributed by atoms with Crippen molar-refractivity contribution >= 4 is 8.25 Å². The molecule has 0 rings (SSSR count). The fourth-order valence-corrected chi connectivity index (χ4v) is 1.05.